The van der Waals surface area contributed by atoms with Gasteiger partial charge in [0.25, 0.3) is 5.91 Å². The number of carbonyl (C=O) groups excluding carboxylic acids is 3. The highest BCUT2D eigenvalue weighted by Crippen LogP contribution is 2.37. The summed E-state index contributed by atoms with van der Waals surface area (Å²) in [5.41, 5.74) is 4.13. The molecule has 0 aliphatic carbocycles. The maximum atomic E-state index is 13.4. The predicted octanol–water partition coefficient (Wildman–Crippen LogP) is 7.28. The van der Waals surface area contributed by atoms with E-state index in [0.29, 0.717) is 39.5 Å². The number of carbonyl (C=O) groups is 3. The number of anilines is 2. The van der Waals surface area contributed by atoms with Gasteiger partial charge >= 0.3 is 5.97 Å². The van der Waals surface area contributed by atoms with E-state index in [1.54, 1.807) is 37.4 Å². The van der Waals surface area contributed by atoms with Gasteiger partial charge in [0.2, 0.25) is 5.91 Å². The molecule has 7 nitrogen and oxygen atoms in total. The Hall–Kier alpha value is -4.08. The molecule has 0 aliphatic heterocycles. The van der Waals surface area contributed by atoms with E-state index in [0.717, 1.165) is 16.0 Å². The summed E-state index contributed by atoms with van der Waals surface area (Å²) in [6.45, 7) is 3.93. The van der Waals surface area contributed by atoms with Gasteiger partial charge in [0.05, 0.1) is 19.5 Å². The fourth-order valence-corrected chi connectivity index (χ4v) is 5.97. The number of aryl methyl sites for hydroxylation is 1. The van der Waals surface area contributed by atoms with Crippen LogP contribution in [-0.2, 0) is 9.53 Å². The number of nitrogens with one attached hydrogen (secondary N) is 2. The topological polar surface area (TPSA) is 93.7 Å². The van der Waals surface area contributed by atoms with E-state index >= 15 is 0 Å². The minimum absolute atomic E-state index is 0.222. The third kappa shape index (κ3) is 6.91. The number of ether oxygens (including phenoxy) is 2. The summed E-state index contributed by atoms with van der Waals surface area (Å²) in [7, 11) is 2.88. The summed E-state index contributed by atoms with van der Waals surface area (Å²) in [6, 6.07) is 22.1. The Balaban J connectivity index is 1.49. The van der Waals surface area contributed by atoms with Gasteiger partial charge in [0.15, 0.2) is 0 Å². The number of thioether (sulfide) groups is 1. The molecule has 1 heterocycles. The highest BCUT2D eigenvalue weighted by molar-refractivity contribution is 8.00. The van der Waals surface area contributed by atoms with Crippen molar-refractivity contribution in [1.82, 2.24) is 0 Å². The molecule has 1 atom stereocenters. The van der Waals surface area contributed by atoms with Crippen LogP contribution >= 0.6 is 23.1 Å². The first kappa shape index (κ1) is 28.9. The molecule has 206 valence electrons. The van der Waals surface area contributed by atoms with Crippen molar-refractivity contribution in [1.29, 1.82) is 0 Å². The summed E-state index contributed by atoms with van der Waals surface area (Å²) in [5.74, 6) is -0.392. The van der Waals surface area contributed by atoms with E-state index in [1.165, 1.54) is 30.2 Å². The SMILES string of the molecule is CCC(Sc1cccc(NC(=O)c2cccc(OC)c2)c1)C(=O)Nc1scc(-c2ccc(C)cc2)c1C(=O)OC. The molecule has 4 rings (SSSR count). The summed E-state index contributed by atoms with van der Waals surface area (Å²) in [5, 5.41) is 7.73. The molecular formula is C31H30N2O5S2. The standard InChI is InChI=1S/C31H30N2O5S2/c1-5-26(40-24-11-7-9-22(17-24)32-28(34)21-8-6-10-23(16-21)37-3)29(35)33-30-27(31(36)38-4)25(18-39-30)20-14-12-19(2)13-15-20/h6-18,26H,5H2,1-4H3,(H,32,34)(H,33,35). The minimum atomic E-state index is -0.507. The van der Waals surface area contributed by atoms with Crippen LogP contribution in [0, 0.1) is 6.92 Å². The molecule has 0 bridgehead atoms. The van der Waals surface area contributed by atoms with Crippen molar-refractivity contribution >= 4 is 51.6 Å². The third-order valence-corrected chi connectivity index (χ3v) is 8.40. The number of methoxy groups -OCH3 is 2. The molecule has 1 unspecified atom stereocenters. The third-order valence-electron chi connectivity index (χ3n) is 6.15. The summed E-state index contributed by atoms with van der Waals surface area (Å²) in [6.07, 6.45) is 0.556. The number of benzene rings is 3. The van der Waals surface area contributed by atoms with Crippen LogP contribution in [0.2, 0.25) is 0 Å². The Morgan fingerprint density at radius 2 is 1.70 bits per heavy atom. The highest BCUT2D eigenvalue weighted by atomic mass is 32.2. The zero-order chi connectivity index (χ0) is 28.6. The molecule has 0 fully saturated rings. The Morgan fingerprint density at radius 3 is 2.40 bits per heavy atom. The van der Waals surface area contributed by atoms with Crippen molar-refractivity contribution in [3.8, 4) is 16.9 Å². The molecule has 0 saturated carbocycles. The van der Waals surface area contributed by atoms with E-state index in [4.69, 9.17) is 9.47 Å². The van der Waals surface area contributed by atoms with Crippen molar-refractivity contribution in [3.05, 3.63) is 94.9 Å². The van der Waals surface area contributed by atoms with Crippen LogP contribution in [0.1, 0.15) is 39.6 Å². The lowest BCUT2D eigenvalue weighted by atomic mass is 10.0. The van der Waals surface area contributed by atoms with Crippen LogP contribution in [0.25, 0.3) is 11.1 Å². The quantitative estimate of drug-likeness (QED) is 0.153. The van der Waals surface area contributed by atoms with E-state index in [9.17, 15) is 14.4 Å². The van der Waals surface area contributed by atoms with Gasteiger partial charge in [-0.2, -0.15) is 0 Å². The molecule has 3 aromatic carbocycles. The number of thiophene rings is 1. The molecule has 0 radical (unpaired) electrons. The van der Waals surface area contributed by atoms with E-state index < -0.39 is 11.2 Å². The largest absolute Gasteiger partial charge is 0.497 e. The smallest absolute Gasteiger partial charge is 0.341 e. The molecule has 4 aromatic rings. The Morgan fingerprint density at radius 1 is 0.950 bits per heavy atom. The van der Waals surface area contributed by atoms with Gasteiger partial charge in [-0.25, -0.2) is 4.79 Å². The van der Waals surface area contributed by atoms with Gasteiger partial charge in [-0.3, -0.25) is 9.59 Å². The molecule has 0 aliphatic rings. The van der Waals surface area contributed by atoms with Crippen LogP contribution in [-0.4, -0.2) is 37.3 Å². The lowest BCUT2D eigenvalue weighted by Gasteiger charge is -2.16. The van der Waals surface area contributed by atoms with Crippen molar-refractivity contribution in [3.63, 3.8) is 0 Å². The Bertz CT molecular complexity index is 1510. The first-order chi connectivity index (χ1) is 19.3. The van der Waals surface area contributed by atoms with Gasteiger partial charge in [0.1, 0.15) is 16.3 Å². The van der Waals surface area contributed by atoms with Crippen LogP contribution < -0.4 is 15.4 Å². The number of hydrogen-bond acceptors (Lipinski definition) is 7. The maximum Gasteiger partial charge on any atom is 0.341 e. The lowest BCUT2D eigenvalue weighted by molar-refractivity contribution is -0.115. The normalized spacial score (nSPS) is 11.4. The average molecular weight is 575 g/mol. The second-order valence-corrected chi connectivity index (χ2v) is 11.1. The van der Waals surface area contributed by atoms with Gasteiger partial charge in [0, 0.05) is 27.1 Å². The maximum absolute atomic E-state index is 13.4. The van der Waals surface area contributed by atoms with Crippen molar-refractivity contribution in [2.45, 2.75) is 30.4 Å². The number of amides is 2. The zero-order valence-corrected chi connectivity index (χ0v) is 24.3. The summed E-state index contributed by atoms with van der Waals surface area (Å²) in [4.78, 5) is 39.6. The number of esters is 1. The monoisotopic (exact) mass is 574 g/mol. The summed E-state index contributed by atoms with van der Waals surface area (Å²) >= 11 is 2.68. The second kappa shape index (κ2) is 13.3. The number of hydrogen-bond donors (Lipinski definition) is 2. The molecular weight excluding hydrogens is 544 g/mol. The van der Waals surface area contributed by atoms with E-state index in [-0.39, 0.29) is 11.8 Å². The first-order valence-corrected chi connectivity index (χ1v) is 14.4. The lowest BCUT2D eigenvalue weighted by Crippen LogP contribution is -2.25. The average Bonchev–Trinajstić information content (AvgIpc) is 3.39. The van der Waals surface area contributed by atoms with Crippen LogP contribution in [0.4, 0.5) is 10.7 Å². The molecule has 0 spiro atoms. The fraction of sp³-hybridized carbons (Fsp3) is 0.194. The molecule has 40 heavy (non-hydrogen) atoms. The molecule has 2 N–H and O–H groups in total. The highest BCUT2D eigenvalue weighted by Gasteiger charge is 2.25. The van der Waals surface area contributed by atoms with Crippen LogP contribution in [0.5, 0.6) is 5.75 Å². The summed E-state index contributed by atoms with van der Waals surface area (Å²) < 4.78 is 10.2. The first-order valence-electron chi connectivity index (χ1n) is 12.6. The molecule has 1 aromatic heterocycles. The Kier molecular flexibility index (Phi) is 9.63. The zero-order valence-electron chi connectivity index (χ0n) is 22.6. The van der Waals surface area contributed by atoms with Crippen LogP contribution in [0.3, 0.4) is 0 Å². The predicted molar refractivity (Wildman–Crippen MR) is 162 cm³/mol. The molecule has 9 heteroatoms. The number of rotatable bonds is 10. The van der Waals surface area contributed by atoms with Gasteiger partial charge in [-0.1, -0.05) is 48.9 Å². The van der Waals surface area contributed by atoms with Gasteiger partial charge < -0.3 is 20.1 Å². The van der Waals surface area contributed by atoms with Gasteiger partial charge in [-0.05, 0) is 55.3 Å². The second-order valence-electron chi connectivity index (χ2n) is 8.93. The van der Waals surface area contributed by atoms with E-state index in [1.807, 2.05) is 61.7 Å². The van der Waals surface area contributed by atoms with Gasteiger partial charge in [-0.15, -0.1) is 23.1 Å². The van der Waals surface area contributed by atoms with Crippen molar-refractivity contribution in [2.24, 2.45) is 0 Å². The van der Waals surface area contributed by atoms with E-state index in [2.05, 4.69) is 10.6 Å². The molecule has 2 amide bonds. The molecule has 0 saturated heterocycles. The minimum Gasteiger partial charge on any atom is -0.497 e. The van der Waals surface area contributed by atoms with Crippen molar-refractivity contribution in [2.75, 3.05) is 24.9 Å². The Labute approximate surface area is 241 Å². The van der Waals surface area contributed by atoms with Crippen LogP contribution in [0.15, 0.2) is 83.1 Å². The van der Waals surface area contributed by atoms with Crippen molar-refractivity contribution < 1.29 is 23.9 Å². The fourth-order valence-electron chi connectivity index (χ4n) is 3.99.